The molecule has 0 atom stereocenters. The number of nitrogens with one attached hydrogen (secondary N) is 2. The second kappa shape index (κ2) is 7.79. The van der Waals surface area contributed by atoms with Gasteiger partial charge in [0.1, 0.15) is 0 Å². The van der Waals surface area contributed by atoms with Crippen LogP contribution in [0.1, 0.15) is 55.9 Å². The van der Waals surface area contributed by atoms with Gasteiger partial charge < -0.3 is 14.8 Å². The Morgan fingerprint density at radius 1 is 1.29 bits per heavy atom. The van der Waals surface area contributed by atoms with Crippen LogP contribution in [0.25, 0.3) is 11.0 Å². The first kappa shape index (κ1) is 17.0. The van der Waals surface area contributed by atoms with Gasteiger partial charge in [-0.25, -0.2) is 4.98 Å². The summed E-state index contributed by atoms with van der Waals surface area (Å²) in [7, 11) is 0. The first-order valence-electron chi connectivity index (χ1n) is 9.31. The Morgan fingerprint density at radius 2 is 2.04 bits per heavy atom. The van der Waals surface area contributed by atoms with Gasteiger partial charge in [-0.3, -0.25) is 4.79 Å². The van der Waals surface area contributed by atoms with Crippen LogP contribution in [0.2, 0.25) is 0 Å². The number of quaternary nitrogens is 1. The van der Waals surface area contributed by atoms with Gasteiger partial charge in [0, 0.05) is 11.6 Å². The lowest BCUT2D eigenvalue weighted by atomic mass is 10.1. The highest BCUT2D eigenvalue weighted by Gasteiger charge is 2.19. The Kier molecular flexibility index (Phi) is 5.51. The van der Waals surface area contributed by atoms with E-state index in [0.717, 1.165) is 30.7 Å². The van der Waals surface area contributed by atoms with Gasteiger partial charge in [0.05, 0.1) is 43.5 Å². The topological polar surface area (TPSA) is 51.4 Å². The number of carbonyl (C=O) groups excluding carboxylic acids is 1. The molecular weight excluding hydrogens is 300 g/mol. The highest BCUT2D eigenvalue weighted by molar-refractivity contribution is 5.97. The number of likely N-dealkylation sites (N-methyl/N-ethyl adjacent to an activating group) is 1. The molecule has 2 aromatic rings. The third kappa shape index (κ3) is 3.61. The number of rotatable bonds is 7. The summed E-state index contributed by atoms with van der Waals surface area (Å²) < 4.78 is 2.29. The van der Waals surface area contributed by atoms with Crippen molar-refractivity contribution in [2.75, 3.05) is 26.2 Å². The number of amides is 1. The zero-order valence-electron chi connectivity index (χ0n) is 14.8. The van der Waals surface area contributed by atoms with E-state index in [4.69, 9.17) is 0 Å². The summed E-state index contributed by atoms with van der Waals surface area (Å²) >= 11 is 0. The average Bonchev–Trinajstić information content (AvgIpc) is 3.26. The highest BCUT2D eigenvalue weighted by Crippen LogP contribution is 2.32. The van der Waals surface area contributed by atoms with Gasteiger partial charge in [-0.05, 0) is 44.9 Å². The van der Waals surface area contributed by atoms with Gasteiger partial charge in [0.15, 0.2) is 0 Å². The highest BCUT2D eigenvalue weighted by atomic mass is 16.1. The molecule has 1 aromatic heterocycles. The number of imidazole rings is 1. The van der Waals surface area contributed by atoms with Crippen LogP contribution in [0.3, 0.4) is 0 Å². The first-order chi connectivity index (χ1) is 11.7. The first-order valence-corrected chi connectivity index (χ1v) is 9.31. The molecule has 1 aliphatic rings. The summed E-state index contributed by atoms with van der Waals surface area (Å²) in [6, 6.07) is 6.47. The molecule has 1 aromatic carbocycles. The minimum Gasteiger partial charge on any atom is -0.346 e. The van der Waals surface area contributed by atoms with Crippen LogP contribution in [0.5, 0.6) is 0 Å². The van der Waals surface area contributed by atoms with Crippen LogP contribution in [-0.2, 0) is 0 Å². The zero-order chi connectivity index (χ0) is 16.9. The van der Waals surface area contributed by atoms with Crippen molar-refractivity contribution in [3.05, 3.63) is 30.1 Å². The lowest BCUT2D eigenvalue weighted by molar-refractivity contribution is -0.895. The van der Waals surface area contributed by atoms with E-state index in [2.05, 4.69) is 28.7 Å². The second-order valence-corrected chi connectivity index (χ2v) is 6.76. The molecule has 5 heteroatoms. The number of carbonyl (C=O) groups is 1. The van der Waals surface area contributed by atoms with Gasteiger partial charge in [0.25, 0.3) is 5.91 Å². The normalized spacial score (nSPS) is 15.5. The van der Waals surface area contributed by atoms with Gasteiger partial charge >= 0.3 is 0 Å². The molecule has 3 rings (SSSR count). The lowest BCUT2D eigenvalue weighted by Gasteiger charge is -2.15. The summed E-state index contributed by atoms with van der Waals surface area (Å²) in [5.74, 6) is -0.00104. The molecule has 0 radical (unpaired) electrons. The number of aromatic nitrogens is 2. The van der Waals surface area contributed by atoms with Crippen LogP contribution < -0.4 is 10.2 Å². The second-order valence-electron chi connectivity index (χ2n) is 6.76. The van der Waals surface area contributed by atoms with Crippen molar-refractivity contribution >= 4 is 16.9 Å². The molecule has 0 saturated heterocycles. The molecule has 2 N–H and O–H groups in total. The summed E-state index contributed by atoms with van der Waals surface area (Å²) in [4.78, 5) is 18.4. The number of benzene rings is 1. The molecule has 5 nitrogen and oxygen atoms in total. The third-order valence-corrected chi connectivity index (χ3v) is 5.32. The number of hydrogen-bond donors (Lipinski definition) is 2. The molecular formula is C19H29N4O+. The predicted octanol–water partition coefficient (Wildman–Crippen LogP) is 1.81. The van der Waals surface area contributed by atoms with Crippen molar-refractivity contribution in [2.24, 2.45) is 0 Å². The molecule has 0 aliphatic heterocycles. The molecule has 24 heavy (non-hydrogen) atoms. The summed E-state index contributed by atoms with van der Waals surface area (Å²) in [5.41, 5.74) is 2.77. The van der Waals surface area contributed by atoms with E-state index in [1.807, 2.05) is 24.5 Å². The van der Waals surface area contributed by atoms with Crippen LogP contribution in [-0.4, -0.2) is 41.6 Å². The molecule has 1 aliphatic carbocycles. The maximum Gasteiger partial charge on any atom is 0.251 e. The Hall–Kier alpha value is -1.88. The SMILES string of the molecule is CC[NH+](CC)CCNC(=O)c1ccc2c(c1)ncn2C1CCCC1. The average molecular weight is 329 g/mol. The molecule has 1 amide bonds. The van der Waals surface area contributed by atoms with Gasteiger partial charge in [-0.2, -0.15) is 0 Å². The molecule has 1 saturated carbocycles. The monoisotopic (exact) mass is 329 g/mol. The van der Waals surface area contributed by atoms with Crippen molar-refractivity contribution in [3.63, 3.8) is 0 Å². The predicted molar refractivity (Wildman–Crippen MR) is 96.5 cm³/mol. The van der Waals surface area contributed by atoms with Crippen LogP contribution in [0, 0.1) is 0 Å². The molecule has 130 valence electrons. The van der Waals surface area contributed by atoms with Crippen LogP contribution in [0.15, 0.2) is 24.5 Å². The fourth-order valence-corrected chi connectivity index (χ4v) is 3.70. The molecule has 1 heterocycles. The van der Waals surface area contributed by atoms with Crippen LogP contribution in [0.4, 0.5) is 0 Å². The van der Waals surface area contributed by atoms with Crippen molar-refractivity contribution in [1.29, 1.82) is 0 Å². The largest absolute Gasteiger partial charge is 0.346 e. The van der Waals surface area contributed by atoms with E-state index in [-0.39, 0.29) is 5.91 Å². The van der Waals surface area contributed by atoms with E-state index < -0.39 is 0 Å². The van der Waals surface area contributed by atoms with E-state index in [9.17, 15) is 4.79 Å². The minimum atomic E-state index is -0.00104. The summed E-state index contributed by atoms with van der Waals surface area (Å²) in [5, 5.41) is 3.03. The third-order valence-electron chi connectivity index (χ3n) is 5.32. The number of nitrogens with zero attached hydrogens (tertiary/aromatic N) is 2. The smallest absolute Gasteiger partial charge is 0.251 e. The Morgan fingerprint density at radius 3 is 2.75 bits per heavy atom. The number of fused-ring (bicyclic) bond motifs is 1. The zero-order valence-corrected chi connectivity index (χ0v) is 14.8. The van der Waals surface area contributed by atoms with Crippen molar-refractivity contribution in [1.82, 2.24) is 14.9 Å². The summed E-state index contributed by atoms with van der Waals surface area (Å²) in [6.07, 6.45) is 7.02. The molecule has 0 bridgehead atoms. The Balaban J connectivity index is 1.66. The van der Waals surface area contributed by atoms with Crippen molar-refractivity contribution in [2.45, 2.75) is 45.6 Å². The lowest BCUT2D eigenvalue weighted by Crippen LogP contribution is -3.12. The standard InChI is InChI=1S/C19H28N4O/c1-3-22(4-2)12-11-20-19(24)15-9-10-18-17(13-15)21-14-23(18)16-7-5-6-8-16/h9-10,13-14,16H,3-8,11-12H2,1-2H3,(H,20,24)/p+1. The summed E-state index contributed by atoms with van der Waals surface area (Å²) in [6.45, 7) is 8.22. The minimum absolute atomic E-state index is 0.00104. The van der Waals surface area contributed by atoms with Crippen molar-refractivity contribution < 1.29 is 9.69 Å². The Labute approximate surface area is 144 Å². The fourth-order valence-electron chi connectivity index (χ4n) is 3.70. The maximum absolute atomic E-state index is 12.4. The number of hydrogen-bond acceptors (Lipinski definition) is 2. The fraction of sp³-hybridized carbons (Fsp3) is 0.579. The van der Waals surface area contributed by atoms with Gasteiger partial charge in [0.2, 0.25) is 0 Å². The Bertz CT molecular complexity index is 684. The van der Waals surface area contributed by atoms with Gasteiger partial charge in [-0.15, -0.1) is 0 Å². The quantitative estimate of drug-likeness (QED) is 0.814. The van der Waals surface area contributed by atoms with E-state index in [1.54, 1.807) is 0 Å². The molecule has 1 fully saturated rings. The van der Waals surface area contributed by atoms with Crippen LogP contribution >= 0.6 is 0 Å². The molecule has 0 spiro atoms. The van der Waals surface area contributed by atoms with E-state index in [1.165, 1.54) is 30.6 Å². The maximum atomic E-state index is 12.4. The van der Waals surface area contributed by atoms with Crippen molar-refractivity contribution in [3.8, 4) is 0 Å². The van der Waals surface area contributed by atoms with E-state index in [0.29, 0.717) is 18.2 Å². The van der Waals surface area contributed by atoms with Gasteiger partial charge in [-0.1, -0.05) is 12.8 Å². The van der Waals surface area contributed by atoms with E-state index >= 15 is 0 Å². The molecule has 0 unspecified atom stereocenters.